The molecule has 1 amide bonds. The summed E-state index contributed by atoms with van der Waals surface area (Å²) in [7, 11) is 0. The lowest BCUT2D eigenvalue weighted by Crippen LogP contribution is -2.26. The van der Waals surface area contributed by atoms with Gasteiger partial charge in [0.15, 0.2) is 0 Å². The zero-order valence-corrected chi connectivity index (χ0v) is 21.1. The van der Waals surface area contributed by atoms with E-state index in [-0.39, 0.29) is 11.8 Å². The third-order valence-electron chi connectivity index (χ3n) is 5.34. The van der Waals surface area contributed by atoms with Crippen molar-refractivity contribution in [3.63, 3.8) is 0 Å². The lowest BCUT2D eigenvalue weighted by atomic mass is 10.1. The highest BCUT2D eigenvalue weighted by Crippen LogP contribution is 2.56. The van der Waals surface area contributed by atoms with Gasteiger partial charge in [-0.25, -0.2) is 4.39 Å². The average molecular weight is 492 g/mol. The van der Waals surface area contributed by atoms with Crippen molar-refractivity contribution in [1.82, 2.24) is 4.31 Å². The Morgan fingerprint density at radius 3 is 2.62 bits per heavy atom. The summed E-state index contributed by atoms with van der Waals surface area (Å²) in [4.78, 5) is 14.0. The summed E-state index contributed by atoms with van der Waals surface area (Å²) >= 11 is 13.5. The number of allylic oxidation sites excluding steroid dienone is 3. The third kappa shape index (κ3) is 6.40. The molecule has 1 aliphatic rings. The molecule has 1 aliphatic carbocycles. The van der Waals surface area contributed by atoms with E-state index in [0.717, 1.165) is 16.0 Å². The Kier molecular flexibility index (Phi) is 8.13. The summed E-state index contributed by atoms with van der Waals surface area (Å²) in [5.41, 5.74) is 1.25. The molecule has 0 bridgehead atoms. The molecule has 6 heteroatoms. The van der Waals surface area contributed by atoms with Crippen LogP contribution in [0, 0.1) is 12.8 Å². The smallest absolute Gasteiger partial charge is 0.256 e. The van der Waals surface area contributed by atoms with Crippen molar-refractivity contribution in [2.75, 3.05) is 6.54 Å². The van der Waals surface area contributed by atoms with Crippen LogP contribution < -0.4 is 0 Å². The third-order valence-corrected chi connectivity index (χ3v) is 7.28. The monoisotopic (exact) mass is 491 g/mol. The van der Waals surface area contributed by atoms with Gasteiger partial charge in [-0.1, -0.05) is 67.4 Å². The number of alkyl halides is 1. The van der Waals surface area contributed by atoms with E-state index < -0.39 is 5.67 Å². The zero-order valence-electron chi connectivity index (χ0n) is 18.7. The topological polar surface area (TPSA) is 20.3 Å². The summed E-state index contributed by atoms with van der Waals surface area (Å²) < 4.78 is 16.9. The Balaban J connectivity index is 1.69. The highest BCUT2D eigenvalue weighted by Gasteiger charge is 2.54. The maximum atomic E-state index is 15.2. The zero-order chi connectivity index (χ0) is 23.5. The minimum Gasteiger partial charge on any atom is -0.278 e. The summed E-state index contributed by atoms with van der Waals surface area (Å²) in [6.45, 7) is 8.64. The summed E-state index contributed by atoms with van der Waals surface area (Å²) in [5.74, 6) is -0.0165. The first-order valence-electron chi connectivity index (χ1n) is 10.7. The standard InChI is InChI=1S/C26H28Cl2FNOS/c1-17(2)16-30(32-24-8-6-5-7-19(24)4)25(31)13-18(3)11-12-26(29)15-21(26)20-9-10-22(27)23(28)14-20/h5-14,17,21H,15-16H2,1-4H3/t21?,26-/m0/s1. The van der Waals surface area contributed by atoms with Gasteiger partial charge in [-0.05, 0) is 79.1 Å². The molecule has 2 atom stereocenters. The van der Waals surface area contributed by atoms with E-state index in [1.165, 1.54) is 11.9 Å². The van der Waals surface area contributed by atoms with Gasteiger partial charge in [0.25, 0.3) is 5.91 Å². The second-order valence-corrected chi connectivity index (χ2v) is 10.6. The van der Waals surface area contributed by atoms with Crippen molar-refractivity contribution >= 4 is 41.1 Å². The molecule has 2 aromatic rings. The fourth-order valence-corrected chi connectivity index (χ4v) is 4.84. The molecule has 1 unspecified atom stereocenters. The number of halogens is 3. The molecule has 32 heavy (non-hydrogen) atoms. The van der Waals surface area contributed by atoms with Crippen LogP contribution in [0.25, 0.3) is 0 Å². The Bertz CT molecular complexity index is 1050. The molecule has 0 N–H and O–H groups in total. The maximum Gasteiger partial charge on any atom is 0.256 e. The van der Waals surface area contributed by atoms with Crippen LogP contribution in [-0.2, 0) is 4.79 Å². The van der Waals surface area contributed by atoms with E-state index in [0.29, 0.717) is 34.5 Å². The number of rotatable bonds is 8. The van der Waals surface area contributed by atoms with Gasteiger partial charge < -0.3 is 0 Å². The molecule has 0 heterocycles. The molecular weight excluding hydrogens is 464 g/mol. The Hall–Kier alpha value is -1.75. The number of carbonyl (C=O) groups excluding carboxylic acids is 1. The fraction of sp³-hybridized carbons (Fsp3) is 0.346. The van der Waals surface area contributed by atoms with Crippen molar-refractivity contribution < 1.29 is 9.18 Å². The highest BCUT2D eigenvalue weighted by molar-refractivity contribution is 7.97. The minimum absolute atomic E-state index is 0.0983. The number of amides is 1. The molecule has 0 aliphatic heterocycles. The van der Waals surface area contributed by atoms with Crippen LogP contribution in [0.1, 0.15) is 44.2 Å². The molecule has 3 rings (SSSR count). The molecule has 170 valence electrons. The van der Waals surface area contributed by atoms with E-state index >= 15 is 4.39 Å². The minimum atomic E-state index is -1.43. The molecule has 0 spiro atoms. The first-order valence-corrected chi connectivity index (χ1v) is 12.2. The fourth-order valence-electron chi connectivity index (χ4n) is 3.43. The van der Waals surface area contributed by atoms with Crippen LogP contribution in [0.3, 0.4) is 0 Å². The number of hydrogen-bond donors (Lipinski definition) is 0. The lowest BCUT2D eigenvalue weighted by molar-refractivity contribution is -0.121. The molecule has 1 fully saturated rings. The van der Waals surface area contributed by atoms with E-state index in [1.807, 2.05) is 44.2 Å². The summed E-state index contributed by atoms with van der Waals surface area (Å²) in [5, 5.41) is 0.892. The molecule has 2 nitrogen and oxygen atoms in total. The molecular formula is C26H28Cl2FNOS. The number of hydrogen-bond acceptors (Lipinski definition) is 2. The van der Waals surface area contributed by atoms with E-state index in [9.17, 15) is 4.79 Å². The van der Waals surface area contributed by atoms with Crippen LogP contribution in [0.5, 0.6) is 0 Å². The number of aryl methyl sites for hydroxylation is 1. The number of nitrogens with zero attached hydrogens (tertiary/aromatic N) is 1. The Morgan fingerprint density at radius 2 is 1.97 bits per heavy atom. The Morgan fingerprint density at radius 1 is 1.25 bits per heavy atom. The van der Waals surface area contributed by atoms with Gasteiger partial charge in [-0.3, -0.25) is 9.10 Å². The van der Waals surface area contributed by atoms with Gasteiger partial charge >= 0.3 is 0 Å². The maximum absolute atomic E-state index is 15.2. The van der Waals surface area contributed by atoms with Gasteiger partial charge in [-0.15, -0.1) is 0 Å². The molecule has 2 aromatic carbocycles. The predicted octanol–water partition coefficient (Wildman–Crippen LogP) is 8.19. The molecule has 0 saturated heterocycles. The van der Waals surface area contributed by atoms with Crippen LogP contribution >= 0.6 is 35.1 Å². The van der Waals surface area contributed by atoms with Gasteiger partial charge in [0.2, 0.25) is 0 Å². The molecule has 1 saturated carbocycles. The van der Waals surface area contributed by atoms with Gasteiger partial charge in [0.05, 0.1) is 10.0 Å². The number of carbonyl (C=O) groups is 1. The van der Waals surface area contributed by atoms with Gasteiger partial charge in [0, 0.05) is 23.4 Å². The SMILES string of the molecule is CC(C=C[C@]1(F)CC1c1ccc(Cl)c(Cl)c1)=CC(=O)N(CC(C)C)Sc1ccccc1C. The quantitative estimate of drug-likeness (QED) is 0.210. The van der Waals surface area contributed by atoms with Crippen molar-refractivity contribution in [1.29, 1.82) is 0 Å². The van der Waals surface area contributed by atoms with Gasteiger partial charge in [-0.2, -0.15) is 0 Å². The van der Waals surface area contributed by atoms with Crippen LogP contribution in [-0.4, -0.2) is 22.4 Å². The normalized spacial score (nSPS) is 20.8. The van der Waals surface area contributed by atoms with Crippen LogP contribution in [0.15, 0.2) is 71.2 Å². The van der Waals surface area contributed by atoms with Gasteiger partial charge in [0.1, 0.15) is 5.67 Å². The summed E-state index contributed by atoms with van der Waals surface area (Å²) in [6.07, 6.45) is 5.22. The first kappa shape index (κ1) is 24.9. The van der Waals surface area contributed by atoms with E-state index in [4.69, 9.17) is 23.2 Å². The van der Waals surface area contributed by atoms with Crippen molar-refractivity contribution in [3.05, 3.63) is 87.4 Å². The largest absolute Gasteiger partial charge is 0.278 e. The predicted molar refractivity (Wildman–Crippen MR) is 134 cm³/mol. The first-order chi connectivity index (χ1) is 15.1. The van der Waals surface area contributed by atoms with Crippen molar-refractivity contribution in [2.24, 2.45) is 5.92 Å². The van der Waals surface area contributed by atoms with E-state index in [1.54, 1.807) is 34.7 Å². The van der Waals surface area contributed by atoms with E-state index in [2.05, 4.69) is 13.8 Å². The highest BCUT2D eigenvalue weighted by atomic mass is 35.5. The van der Waals surface area contributed by atoms with Crippen LogP contribution in [0.2, 0.25) is 10.0 Å². The van der Waals surface area contributed by atoms with Crippen molar-refractivity contribution in [3.8, 4) is 0 Å². The average Bonchev–Trinajstić information content (AvgIpc) is 3.41. The Labute approximate surface area is 204 Å². The number of benzene rings is 2. The molecule has 0 aromatic heterocycles. The molecule has 0 radical (unpaired) electrons. The second kappa shape index (κ2) is 10.5. The summed E-state index contributed by atoms with van der Waals surface area (Å²) in [6, 6.07) is 13.2. The van der Waals surface area contributed by atoms with Crippen molar-refractivity contribution in [2.45, 2.75) is 50.6 Å². The lowest BCUT2D eigenvalue weighted by Gasteiger charge is -2.23. The van der Waals surface area contributed by atoms with Crippen LogP contribution in [0.4, 0.5) is 4.39 Å². The second-order valence-electron chi connectivity index (χ2n) is 8.73.